The van der Waals surface area contributed by atoms with Crippen molar-refractivity contribution in [2.45, 2.75) is 13.8 Å². The minimum Gasteiger partial charge on any atom is -0.399 e. The van der Waals surface area contributed by atoms with Crippen LogP contribution in [0.5, 0.6) is 0 Å². The van der Waals surface area contributed by atoms with Gasteiger partial charge in [-0.25, -0.2) is 0 Å². The first-order chi connectivity index (χ1) is 26.5. The number of carbonyl (C=O) groups excluding carboxylic acids is 2. The van der Waals surface area contributed by atoms with Crippen molar-refractivity contribution in [1.82, 2.24) is 0 Å². The van der Waals surface area contributed by atoms with Gasteiger partial charge in [-0.05, 0) is 147 Å². The van der Waals surface area contributed by atoms with Crippen LogP contribution in [0.15, 0.2) is 182 Å². The number of hydrogen-bond acceptors (Lipinski definition) is 11. The Balaban J connectivity index is 0.000000211. The molecule has 6 aromatic carbocycles. The monoisotopic (exact) mass is 731 g/mol. The minimum absolute atomic E-state index is 0.0295. The highest BCUT2D eigenvalue weighted by Gasteiger charge is 2.00. The van der Waals surface area contributed by atoms with E-state index in [0.29, 0.717) is 33.9 Å². The molecule has 55 heavy (non-hydrogen) atoms. The maximum atomic E-state index is 11.3. The number of hydrogen-bond donors (Lipinski definition) is 1. The van der Waals surface area contributed by atoms with Crippen molar-refractivity contribution >= 4 is 62.8 Å². The number of nitrogens with two attached hydrogens (primary N) is 1. The average Bonchev–Trinajstić information content (AvgIpc) is 3.20. The van der Waals surface area contributed by atoms with Crippen molar-refractivity contribution in [3.05, 3.63) is 163 Å². The van der Waals surface area contributed by atoms with Crippen molar-refractivity contribution in [2.75, 3.05) is 43.7 Å². The van der Waals surface area contributed by atoms with E-state index >= 15 is 0 Å². The van der Waals surface area contributed by atoms with Crippen molar-refractivity contribution in [1.29, 1.82) is 0 Å². The average molecular weight is 732 g/mol. The Kier molecular flexibility index (Phi) is 15.4. The third-order valence-corrected chi connectivity index (χ3v) is 7.77. The summed E-state index contributed by atoms with van der Waals surface area (Å²) >= 11 is 0. The van der Waals surface area contributed by atoms with Crippen LogP contribution in [0.1, 0.15) is 34.6 Å². The van der Waals surface area contributed by atoms with E-state index in [4.69, 9.17) is 5.73 Å². The largest absolute Gasteiger partial charge is 0.399 e. The zero-order chi connectivity index (χ0) is 39.6. The van der Waals surface area contributed by atoms with Crippen LogP contribution in [0.3, 0.4) is 0 Å². The van der Waals surface area contributed by atoms with Gasteiger partial charge in [-0.2, -0.15) is 30.7 Å². The van der Waals surface area contributed by atoms with Crippen molar-refractivity contribution in [3.8, 4) is 0 Å². The predicted octanol–water partition coefficient (Wildman–Crippen LogP) is 12.4. The van der Waals surface area contributed by atoms with E-state index in [9.17, 15) is 9.59 Å². The van der Waals surface area contributed by atoms with E-state index < -0.39 is 0 Å². The Bertz CT molecular complexity index is 2180. The minimum atomic E-state index is 0.0295. The molecule has 0 saturated heterocycles. The molecule has 0 saturated carbocycles. The number of para-hydroxylation sites is 1. The topological polar surface area (TPSA) is 141 Å². The van der Waals surface area contributed by atoms with Gasteiger partial charge in [-0.3, -0.25) is 9.59 Å². The van der Waals surface area contributed by atoms with Gasteiger partial charge in [0.25, 0.3) is 0 Å². The number of nitrogen functional groups attached to an aromatic ring is 1. The molecule has 0 fully saturated rings. The number of Topliss-reactive ketones (excluding diaryl/α,β-unsaturated/α-hetero) is 2. The first kappa shape index (κ1) is 40.6. The zero-order valence-electron chi connectivity index (χ0n) is 31.9. The maximum Gasteiger partial charge on any atom is 0.159 e. The maximum absolute atomic E-state index is 11.3. The molecule has 0 aliphatic rings. The second kappa shape index (κ2) is 20.8. The van der Waals surface area contributed by atoms with Gasteiger partial charge in [-0.1, -0.05) is 18.2 Å². The summed E-state index contributed by atoms with van der Waals surface area (Å²) < 4.78 is 0. The molecule has 0 aliphatic heterocycles. The number of rotatable bonds is 10. The first-order valence-electron chi connectivity index (χ1n) is 17.4. The molecule has 11 heteroatoms. The van der Waals surface area contributed by atoms with Gasteiger partial charge in [0.2, 0.25) is 0 Å². The summed E-state index contributed by atoms with van der Waals surface area (Å²) in [5.74, 6) is 0.0684. The molecule has 6 aromatic rings. The number of anilines is 3. The summed E-state index contributed by atoms with van der Waals surface area (Å²) in [7, 11) is 8.07. The summed E-state index contributed by atoms with van der Waals surface area (Å²) in [5.41, 5.74) is 14.3. The lowest BCUT2D eigenvalue weighted by molar-refractivity contribution is 0.100. The van der Waals surface area contributed by atoms with Crippen molar-refractivity contribution in [3.63, 3.8) is 0 Å². The van der Waals surface area contributed by atoms with Crippen LogP contribution in [0.2, 0.25) is 0 Å². The summed E-state index contributed by atoms with van der Waals surface area (Å²) in [6.45, 7) is 3.07. The molecular formula is C44H45N9O2. The Morgan fingerprint density at radius 1 is 0.382 bits per heavy atom. The van der Waals surface area contributed by atoms with E-state index in [1.165, 1.54) is 19.5 Å². The number of ketones is 2. The normalized spacial score (nSPS) is 10.7. The molecule has 11 nitrogen and oxygen atoms in total. The molecule has 0 radical (unpaired) electrons. The highest BCUT2D eigenvalue weighted by molar-refractivity contribution is 5.94. The summed E-state index contributed by atoms with van der Waals surface area (Å²) in [4.78, 5) is 26.5. The second-order valence-electron chi connectivity index (χ2n) is 12.6. The fourth-order valence-electron chi connectivity index (χ4n) is 4.54. The van der Waals surface area contributed by atoms with E-state index in [-0.39, 0.29) is 11.6 Å². The molecule has 0 aliphatic carbocycles. The third kappa shape index (κ3) is 14.1. The van der Waals surface area contributed by atoms with Crippen LogP contribution < -0.4 is 15.5 Å². The fraction of sp³-hybridized carbons (Fsp3) is 0.136. The summed E-state index contributed by atoms with van der Waals surface area (Å²) in [6.07, 6.45) is 0. The lowest BCUT2D eigenvalue weighted by Crippen LogP contribution is -2.07. The Labute approximate surface area is 322 Å². The van der Waals surface area contributed by atoms with Crippen LogP contribution in [-0.4, -0.2) is 39.8 Å². The van der Waals surface area contributed by atoms with Crippen molar-refractivity contribution in [2.24, 2.45) is 30.7 Å². The standard InChI is InChI=1S/C22H21N5O.C14H13N3O.C8H11N/c1-16(28)17-4-6-18(7-5-17)23-24-19-8-10-20(11-9-19)25-26-21-12-14-22(15-13-21)27(2)3;1-10(18)11-2-6-13(7-3-11)16-17-14-8-4-12(15)5-9-14;1-9(2)8-6-4-3-5-7-8/h4-15H,1-3H3;2-9H,15H2,1H3;3-7H,1-2H3. The second-order valence-corrected chi connectivity index (χ2v) is 12.6. The van der Waals surface area contributed by atoms with Gasteiger partial charge in [0.05, 0.1) is 34.1 Å². The molecule has 278 valence electrons. The quantitative estimate of drug-likeness (QED) is 0.0848. The van der Waals surface area contributed by atoms with Crippen LogP contribution in [-0.2, 0) is 0 Å². The number of nitrogens with zero attached hydrogens (tertiary/aromatic N) is 8. The van der Waals surface area contributed by atoms with E-state index in [0.717, 1.165) is 22.7 Å². The smallest absolute Gasteiger partial charge is 0.159 e. The van der Waals surface area contributed by atoms with Gasteiger partial charge in [-0.15, -0.1) is 0 Å². The molecule has 0 atom stereocenters. The molecule has 0 bridgehead atoms. The molecule has 2 N–H and O–H groups in total. The fourth-order valence-corrected chi connectivity index (χ4v) is 4.54. The lowest BCUT2D eigenvalue weighted by Gasteiger charge is -2.11. The van der Waals surface area contributed by atoms with E-state index in [1.54, 1.807) is 72.8 Å². The van der Waals surface area contributed by atoms with Crippen LogP contribution >= 0.6 is 0 Å². The zero-order valence-corrected chi connectivity index (χ0v) is 31.9. The summed E-state index contributed by atoms with van der Waals surface area (Å²) in [5, 5.41) is 25.0. The number of azo groups is 3. The molecule has 0 aromatic heterocycles. The van der Waals surface area contributed by atoms with Gasteiger partial charge < -0.3 is 15.5 Å². The van der Waals surface area contributed by atoms with Crippen LogP contribution in [0.4, 0.5) is 51.2 Å². The van der Waals surface area contributed by atoms with Gasteiger partial charge in [0.15, 0.2) is 11.6 Å². The van der Waals surface area contributed by atoms with Gasteiger partial charge in [0, 0.05) is 56.4 Å². The number of carbonyl (C=O) groups is 2. The van der Waals surface area contributed by atoms with E-state index in [1.807, 2.05) is 99.8 Å². The molecule has 0 heterocycles. The molecular weight excluding hydrogens is 687 g/mol. The highest BCUT2D eigenvalue weighted by atomic mass is 16.1. The molecule has 0 amide bonds. The van der Waals surface area contributed by atoms with Crippen LogP contribution in [0.25, 0.3) is 0 Å². The predicted molar refractivity (Wildman–Crippen MR) is 224 cm³/mol. The molecule has 0 unspecified atom stereocenters. The third-order valence-electron chi connectivity index (χ3n) is 7.77. The lowest BCUT2D eigenvalue weighted by atomic mass is 10.1. The SMILES string of the molecule is CC(=O)c1ccc(N=Nc2ccc(N)cc2)cc1.CC(=O)c1ccc(N=Nc2ccc(N=Nc3ccc(N(C)C)cc3)cc2)cc1.CN(C)c1ccccc1. The van der Waals surface area contributed by atoms with Gasteiger partial charge >= 0.3 is 0 Å². The number of benzene rings is 6. The first-order valence-corrected chi connectivity index (χ1v) is 17.4. The highest BCUT2D eigenvalue weighted by Crippen LogP contribution is 2.25. The Morgan fingerprint density at radius 3 is 0.909 bits per heavy atom. The summed E-state index contributed by atoms with van der Waals surface area (Å²) in [6, 6.07) is 46.6. The Hall–Kier alpha value is -7.14. The van der Waals surface area contributed by atoms with Crippen molar-refractivity contribution < 1.29 is 9.59 Å². The molecule has 0 spiro atoms. The Morgan fingerprint density at radius 2 is 0.636 bits per heavy atom. The van der Waals surface area contributed by atoms with Gasteiger partial charge in [0.1, 0.15) is 0 Å². The van der Waals surface area contributed by atoms with E-state index in [2.05, 4.69) is 47.7 Å². The van der Waals surface area contributed by atoms with Crippen LogP contribution in [0, 0.1) is 0 Å². The molecule has 6 rings (SSSR count).